The molecule has 1 aromatic heterocycles. The molecule has 1 saturated heterocycles. The minimum atomic E-state index is -4.59. The Hall–Kier alpha value is -1.94. The van der Waals surface area contributed by atoms with Gasteiger partial charge in [0.15, 0.2) is 5.69 Å². The second kappa shape index (κ2) is 11.2. The summed E-state index contributed by atoms with van der Waals surface area (Å²) in [4.78, 5) is 16.1. The lowest BCUT2D eigenvalue weighted by Gasteiger charge is -2.36. The highest BCUT2D eigenvalue weighted by atomic mass is 79.9. The number of anilines is 1. The maximum absolute atomic E-state index is 13.0. The summed E-state index contributed by atoms with van der Waals surface area (Å²) >= 11 is 8.71. The van der Waals surface area contributed by atoms with Crippen molar-refractivity contribution in [1.29, 1.82) is 0 Å². The Morgan fingerprint density at radius 1 is 1.18 bits per heavy atom. The molecule has 1 aliphatic heterocycles. The number of piperazine rings is 1. The number of carbonyl (C=O) groups excluding carboxylic acids is 1. The molecule has 6 nitrogen and oxygen atoms in total. The minimum absolute atomic E-state index is 0.0159. The smallest absolute Gasteiger partial charge is 0.436 e. The third-order valence-electron chi connectivity index (χ3n) is 5.67. The van der Waals surface area contributed by atoms with E-state index in [0.29, 0.717) is 31.6 Å². The topological polar surface area (TPSA) is 61.6 Å². The van der Waals surface area contributed by atoms with Gasteiger partial charge in [-0.1, -0.05) is 45.7 Å². The number of aromatic hydroxyl groups is 1. The van der Waals surface area contributed by atoms with Crippen molar-refractivity contribution >= 4 is 39.1 Å². The van der Waals surface area contributed by atoms with Crippen LogP contribution in [0.15, 0.2) is 22.7 Å². The Kier molecular flexibility index (Phi) is 9.32. The lowest BCUT2D eigenvalue weighted by Crippen LogP contribution is -2.49. The van der Waals surface area contributed by atoms with E-state index in [1.807, 2.05) is 4.90 Å². The van der Waals surface area contributed by atoms with E-state index in [4.69, 9.17) is 11.6 Å². The number of alkyl halides is 3. The number of aromatic nitrogens is 2. The van der Waals surface area contributed by atoms with Gasteiger partial charge in [0.05, 0.1) is 15.2 Å². The number of halogens is 5. The van der Waals surface area contributed by atoms with Gasteiger partial charge in [-0.15, -0.1) is 0 Å². The van der Waals surface area contributed by atoms with Gasteiger partial charge in [0.2, 0.25) is 5.91 Å². The Balaban J connectivity index is 0.000000604. The number of benzene rings is 1. The fraction of sp³-hybridized carbons (Fsp3) is 0.565. The van der Waals surface area contributed by atoms with Crippen LogP contribution in [0, 0.1) is 12.3 Å². The molecule has 0 atom stereocenters. The Morgan fingerprint density at radius 2 is 1.74 bits per heavy atom. The Labute approximate surface area is 211 Å². The fourth-order valence-electron chi connectivity index (χ4n) is 3.00. The van der Waals surface area contributed by atoms with E-state index in [9.17, 15) is 23.1 Å². The molecule has 190 valence electrons. The Bertz CT molecular complexity index is 997. The van der Waals surface area contributed by atoms with Gasteiger partial charge in [0.1, 0.15) is 12.3 Å². The average molecular weight is 568 g/mol. The van der Waals surface area contributed by atoms with Crippen molar-refractivity contribution in [3.63, 3.8) is 0 Å². The summed E-state index contributed by atoms with van der Waals surface area (Å²) in [5, 5.41) is 13.5. The van der Waals surface area contributed by atoms with E-state index in [1.165, 1.54) is 13.3 Å². The second-order valence-electron chi connectivity index (χ2n) is 9.32. The molecule has 0 unspecified atom stereocenters. The first-order chi connectivity index (χ1) is 15.6. The van der Waals surface area contributed by atoms with E-state index in [0.717, 1.165) is 10.4 Å². The second-order valence-corrected chi connectivity index (χ2v) is 10.5. The number of amides is 1. The first-order valence-corrected chi connectivity index (χ1v) is 12.1. The fourth-order valence-corrected chi connectivity index (χ4v) is 3.63. The zero-order valence-electron chi connectivity index (χ0n) is 20.0. The Morgan fingerprint density at radius 3 is 2.18 bits per heavy atom. The molecule has 34 heavy (non-hydrogen) atoms. The molecular weight excluding hydrogens is 537 g/mol. The number of rotatable bonds is 3. The highest BCUT2D eigenvalue weighted by Crippen LogP contribution is 2.35. The molecule has 0 bridgehead atoms. The standard InChI is InChI=1S/C17H17BrClF3N4O2.C6H14/c1-10-15(18)16(17(20,21)22)23-26(10)9-14(28)25-6-4-24(5-7-25)11-2-3-12(19)13(27)8-11;1-5-6(2,3)4/h2-3,8,27H,4-7,9H2,1H3;5H2,1-4H3. The van der Waals surface area contributed by atoms with Crippen LogP contribution in [0.1, 0.15) is 45.5 Å². The molecule has 11 heteroatoms. The largest absolute Gasteiger partial charge is 0.506 e. The van der Waals surface area contributed by atoms with Crippen molar-refractivity contribution in [3.8, 4) is 5.75 Å². The third-order valence-corrected chi connectivity index (χ3v) is 6.94. The number of phenolic OH excluding ortho intramolecular Hbond substituents is 1. The van der Waals surface area contributed by atoms with E-state index in [-0.39, 0.29) is 33.4 Å². The van der Waals surface area contributed by atoms with Gasteiger partial charge in [-0.3, -0.25) is 9.48 Å². The lowest BCUT2D eigenvalue weighted by atomic mass is 9.94. The van der Waals surface area contributed by atoms with Gasteiger partial charge in [0.25, 0.3) is 0 Å². The van der Waals surface area contributed by atoms with Gasteiger partial charge < -0.3 is 14.9 Å². The molecule has 1 aromatic carbocycles. The summed E-state index contributed by atoms with van der Waals surface area (Å²) in [6.07, 6.45) is -3.32. The minimum Gasteiger partial charge on any atom is -0.506 e. The molecule has 0 spiro atoms. The van der Waals surface area contributed by atoms with Crippen molar-refractivity contribution in [2.45, 2.75) is 53.8 Å². The molecule has 1 N–H and O–H groups in total. The molecule has 1 amide bonds. The van der Waals surface area contributed by atoms with Gasteiger partial charge in [-0.2, -0.15) is 18.3 Å². The first kappa shape index (κ1) is 28.3. The van der Waals surface area contributed by atoms with Crippen LogP contribution in [-0.2, 0) is 17.5 Å². The van der Waals surface area contributed by atoms with Crippen LogP contribution in [0.25, 0.3) is 0 Å². The molecule has 0 saturated carbocycles. The van der Waals surface area contributed by atoms with Crippen LogP contribution in [0.4, 0.5) is 18.9 Å². The van der Waals surface area contributed by atoms with Crippen LogP contribution >= 0.6 is 27.5 Å². The average Bonchev–Trinajstić information content (AvgIpc) is 3.04. The molecule has 0 aliphatic carbocycles. The summed E-state index contributed by atoms with van der Waals surface area (Å²) in [5.41, 5.74) is 0.539. The SMILES string of the molecule is CCC(C)(C)C.Cc1c(Br)c(C(F)(F)F)nn1CC(=O)N1CCN(c2ccc(Cl)c(O)c2)CC1. The summed E-state index contributed by atoms with van der Waals surface area (Å²) in [6.45, 7) is 12.0. The molecular formula is C23H31BrClF3N4O2. The number of hydrogen-bond donors (Lipinski definition) is 1. The number of hydrogen-bond acceptors (Lipinski definition) is 4. The molecule has 2 aromatic rings. The zero-order chi connectivity index (χ0) is 25.8. The van der Waals surface area contributed by atoms with Crippen molar-refractivity contribution in [3.05, 3.63) is 39.1 Å². The summed E-state index contributed by atoms with van der Waals surface area (Å²) in [7, 11) is 0. The molecule has 1 aliphatic rings. The highest BCUT2D eigenvalue weighted by molar-refractivity contribution is 9.10. The number of nitrogens with zero attached hydrogens (tertiary/aromatic N) is 4. The first-order valence-electron chi connectivity index (χ1n) is 11.0. The van der Waals surface area contributed by atoms with Crippen LogP contribution in [0.2, 0.25) is 5.02 Å². The summed E-state index contributed by atoms with van der Waals surface area (Å²) < 4.78 is 39.8. The maximum atomic E-state index is 13.0. The van der Waals surface area contributed by atoms with Gasteiger partial charge >= 0.3 is 6.18 Å². The normalized spacial score (nSPS) is 14.6. The van der Waals surface area contributed by atoms with Crippen LogP contribution in [0.3, 0.4) is 0 Å². The van der Waals surface area contributed by atoms with Gasteiger partial charge in [-0.05, 0) is 40.4 Å². The van der Waals surface area contributed by atoms with Crippen molar-refractivity contribution in [1.82, 2.24) is 14.7 Å². The maximum Gasteiger partial charge on any atom is 0.436 e. The van der Waals surface area contributed by atoms with E-state index >= 15 is 0 Å². The van der Waals surface area contributed by atoms with Crippen molar-refractivity contribution < 1.29 is 23.1 Å². The quantitative estimate of drug-likeness (QED) is 0.485. The molecule has 1 fully saturated rings. The predicted molar refractivity (Wildman–Crippen MR) is 131 cm³/mol. The van der Waals surface area contributed by atoms with E-state index in [2.05, 4.69) is 48.7 Å². The number of carbonyl (C=O) groups is 1. The van der Waals surface area contributed by atoms with Crippen LogP contribution in [0.5, 0.6) is 5.75 Å². The van der Waals surface area contributed by atoms with Crippen LogP contribution < -0.4 is 4.90 Å². The monoisotopic (exact) mass is 566 g/mol. The molecule has 2 heterocycles. The van der Waals surface area contributed by atoms with Crippen molar-refractivity contribution in [2.75, 3.05) is 31.1 Å². The van der Waals surface area contributed by atoms with Gasteiger partial charge in [-0.25, -0.2) is 0 Å². The van der Waals surface area contributed by atoms with Gasteiger partial charge in [0, 0.05) is 37.9 Å². The molecule has 0 radical (unpaired) electrons. The van der Waals surface area contributed by atoms with Crippen LogP contribution in [-0.4, -0.2) is 51.9 Å². The highest BCUT2D eigenvalue weighted by Gasteiger charge is 2.38. The van der Waals surface area contributed by atoms with E-state index in [1.54, 1.807) is 23.1 Å². The third kappa shape index (κ3) is 7.53. The lowest BCUT2D eigenvalue weighted by molar-refractivity contribution is -0.142. The number of phenols is 1. The summed E-state index contributed by atoms with van der Waals surface area (Å²) in [5.74, 6) is -0.316. The predicted octanol–water partition coefficient (Wildman–Crippen LogP) is 6.12. The van der Waals surface area contributed by atoms with Crippen molar-refractivity contribution in [2.24, 2.45) is 5.41 Å². The summed E-state index contributed by atoms with van der Waals surface area (Å²) in [6, 6.07) is 4.94. The molecule has 3 rings (SSSR count). The van der Waals surface area contributed by atoms with E-state index < -0.39 is 11.9 Å². The zero-order valence-corrected chi connectivity index (χ0v) is 22.4.